The Labute approximate surface area is 178 Å². The van der Waals surface area contributed by atoms with Gasteiger partial charge in [-0.2, -0.15) is 0 Å². The van der Waals surface area contributed by atoms with Crippen LogP contribution in [0.2, 0.25) is 0 Å². The first kappa shape index (κ1) is 20.3. The topological polar surface area (TPSA) is 115 Å². The number of rotatable bonds is 4. The molecule has 0 bridgehead atoms. The number of hydrogen-bond acceptors (Lipinski definition) is 6. The Morgan fingerprint density at radius 2 is 0.871 bits per heavy atom. The van der Waals surface area contributed by atoms with Gasteiger partial charge in [-0.3, -0.25) is 0 Å². The molecule has 0 amide bonds. The molecule has 0 saturated heterocycles. The third kappa shape index (κ3) is 3.67. The van der Waals surface area contributed by atoms with Gasteiger partial charge < -0.3 is 20.4 Å². The van der Waals surface area contributed by atoms with E-state index in [2.05, 4.69) is 0 Å². The van der Waals surface area contributed by atoms with Crippen molar-refractivity contribution in [3.8, 4) is 45.3 Å². The maximum Gasteiger partial charge on any atom is 0.207 e. The molecule has 0 aliphatic rings. The van der Waals surface area contributed by atoms with Crippen molar-refractivity contribution in [1.29, 1.82) is 0 Å². The molecule has 0 aliphatic carbocycles. The summed E-state index contributed by atoms with van der Waals surface area (Å²) in [6.45, 7) is 0. The predicted molar refractivity (Wildman–Crippen MR) is 116 cm³/mol. The lowest BCUT2D eigenvalue weighted by Crippen LogP contribution is -2.06. The molecule has 4 rings (SSSR count). The van der Waals surface area contributed by atoms with Crippen molar-refractivity contribution in [3.05, 3.63) is 84.9 Å². The normalized spacial score (nSPS) is 11.4. The summed E-state index contributed by atoms with van der Waals surface area (Å²) in [5, 5.41) is 40.3. The maximum atomic E-state index is 13.7. The first-order chi connectivity index (χ1) is 14.8. The Morgan fingerprint density at radius 3 is 1.29 bits per heavy atom. The highest BCUT2D eigenvalue weighted by atomic mass is 32.2. The van der Waals surface area contributed by atoms with Crippen LogP contribution < -0.4 is 0 Å². The van der Waals surface area contributed by atoms with Gasteiger partial charge in [0.25, 0.3) is 0 Å². The second kappa shape index (κ2) is 7.70. The standard InChI is InChI=1S/C24H18O6S/c25-15-9-11-21(27)19(13-15)17-5-1-3-7-23(17)31(29,30)24-8-4-2-6-18(24)20-14-16(26)10-12-22(20)28/h1-14,25-28H. The number of sulfone groups is 1. The molecule has 7 heteroatoms. The fourth-order valence-corrected chi connectivity index (χ4v) is 5.13. The largest absolute Gasteiger partial charge is 0.508 e. The number of benzene rings is 4. The minimum Gasteiger partial charge on any atom is -0.508 e. The van der Waals surface area contributed by atoms with Crippen molar-refractivity contribution in [3.63, 3.8) is 0 Å². The van der Waals surface area contributed by atoms with E-state index in [9.17, 15) is 28.8 Å². The number of phenols is 4. The van der Waals surface area contributed by atoms with E-state index in [0.29, 0.717) is 0 Å². The number of aromatic hydroxyl groups is 4. The van der Waals surface area contributed by atoms with E-state index in [1.54, 1.807) is 24.3 Å². The second-order valence-electron chi connectivity index (χ2n) is 6.90. The van der Waals surface area contributed by atoms with Gasteiger partial charge in [0.2, 0.25) is 9.84 Å². The van der Waals surface area contributed by atoms with Crippen LogP contribution in [0.15, 0.2) is 94.7 Å². The van der Waals surface area contributed by atoms with Gasteiger partial charge in [-0.25, -0.2) is 8.42 Å². The molecule has 4 N–H and O–H groups in total. The van der Waals surface area contributed by atoms with Crippen molar-refractivity contribution >= 4 is 9.84 Å². The number of phenolic OH excluding ortho intramolecular Hbond substituents is 4. The molecule has 4 aromatic rings. The average Bonchev–Trinajstić information content (AvgIpc) is 2.77. The molecule has 4 aromatic carbocycles. The molecular weight excluding hydrogens is 416 g/mol. The van der Waals surface area contributed by atoms with Gasteiger partial charge in [-0.15, -0.1) is 0 Å². The predicted octanol–water partition coefficient (Wildman–Crippen LogP) is 4.68. The first-order valence-corrected chi connectivity index (χ1v) is 10.7. The average molecular weight is 434 g/mol. The van der Waals surface area contributed by atoms with E-state index >= 15 is 0 Å². The van der Waals surface area contributed by atoms with E-state index < -0.39 is 9.84 Å². The molecule has 0 aromatic heterocycles. The summed E-state index contributed by atoms with van der Waals surface area (Å²) in [6, 6.07) is 20.0. The van der Waals surface area contributed by atoms with Crippen LogP contribution >= 0.6 is 0 Å². The Morgan fingerprint density at radius 1 is 0.484 bits per heavy atom. The van der Waals surface area contributed by atoms with E-state index in [0.717, 1.165) is 0 Å². The summed E-state index contributed by atoms with van der Waals surface area (Å²) < 4.78 is 27.5. The Balaban J connectivity index is 1.97. The van der Waals surface area contributed by atoms with Crippen molar-refractivity contribution in [2.45, 2.75) is 9.79 Å². The van der Waals surface area contributed by atoms with Crippen LogP contribution in [0.25, 0.3) is 22.3 Å². The summed E-state index contributed by atoms with van der Waals surface area (Å²) in [5.41, 5.74) is 0.755. The van der Waals surface area contributed by atoms with E-state index in [4.69, 9.17) is 0 Å². The lowest BCUT2D eigenvalue weighted by Gasteiger charge is -2.15. The zero-order chi connectivity index (χ0) is 22.2. The van der Waals surface area contributed by atoms with Crippen molar-refractivity contribution in [2.24, 2.45) is 0 Å². The molecule has 0 fully saturated rings. The molecular formula is C24H18O6S. The monoisotopic (exact) mass is 434 g/mol. The van der Waals surface area contributed by atoms with Gasteiger partial charge >= 0.3 is 0 Å². The summed E-state index contributed by atoms with van der Waals surface area (Å²) in [6.07, 6.45) is 0. The summed E-state index contributed by atoms with van der Waals surface area (Å²) >= 11 is 0. The van der Waals surface area contributed by atoms with Crippen LogP contribution in [-0.2, 0) is 9.84 Å². The van der Waals surface area contributed by atoms with Gasteiger partial charge in [0.15, 0.2) is 0 Å². The molecule has 0 spiro atoms. The summed E-state index contributed by atoms with van der Waals surface area (Å²) in [5.74, 6) is -0.603. The van der Waals surface area contributed by atoms with Crippen LogP contribution in [0.1, 0.15) is 0 Å². The van der Waals surface area contributed by atoms with Crippen LogP contribution in [0.3, 0.4) is 0 Å². The van der Waals surface area contributed by atoms with Gasteiger partial charge in [0, 0.05) is 22.3 Å². The van der Waals surface area contributed by atoms with Gasteiger partial charge in [0.05, 0.1) is 9.79 Å². The zero-order valence-electron chi connectivity index (χ0n) is 16.1. The first-order valence-electron chi connectivity index (χ1n) is 9.27. The SMILES string of the molecule is O=S(=O)(c1ccccc1-c1cc(O)ccc1O)c1ccccc1-c1cc(O)ccc1O. The Kier molecular flexibility index (Phi) is 5.04. The molecule has 6 nitrogen and oxygen atoms in total. The Bertz CT molecular complexity index is 1290. The summed E-state index contributed by atoms with van der Waals surface area (Å²) in [4.78, 5) is -0.161. The quantitative estimate of drug-likeness (QED) is 0.347. The maximum absolute atomic E-state index is 13.7. The van der Waals surface area contributed by atoms with Crippen molar-refractivity contribution in [2.75, 3.05) is 0 Å². The highest BCUT2D eigenvalue weighted by molar-refractivity contribution is 7.91. The molecule has 0 saturated carbocycles. The molecule has 0 radical (unpaired) electrons. The second-order valence-corrected chi connectivity index (χ2v) is 8.79. The lowest BCUT2D eigenvalue weighted by atomic mass is 10.0. The third-order valence-corrected chi connectivity index (χ3v) is 6.76. The van der Waals surface area contributed by atoms with Crippen LogP contribution in [0.4, 0.5) is 0 Å². The van der Waals surface area contributed by atoms with Gasteiger partial charge in [-0.05, 0) is 48.5 Å². The smallest absolute Gasteiger partial charge is 0.207 e. The van der Waals surface area contributed by atoms with E-state index in [-0.39, 0.29) is 55.0 Å². The van der Waals surface area contributed by atoms with Crippen LogP contribution in [0.5, 0.6) is 23.0 Å². The fourth-order valence-electron chi connectivity index (χ4n) is 3.44. The highest BCUT2D eigenvalue weighted by Crippen LogP contribution is 2.41. The third-order valence-electron chi connectivity index (χ3n) is 4.89. The molecule has 31 heavy (non-hydrogen) atoms. The van der Waals surface area contributed by atoms with Crippen LogP contribution in [0, 0.1) is 0 Å². The van der Waals surface area contributed by atoms with E-state index in [1.165, 1.54) is 60.7 Å². The zero-order valence-corrected chi connectivity index (χ0v) is 16.9. The molecule has 0 atom stereocenters. The molecule has 156 valence electrons. The molecule has 0 aliphatic heterocycles. The van der Waals surface area contributed by atoms with Crippen LogP contribution in [-0.4, -0.2) is 28.8 Å². The van der Waals surface area contributed by atoms with E-state index in [1.807, 2.05) is 0 Å². The summed E-state index contributed by atoms with van der Waals surface area (Å²) in [7, 11) is -4.14. The minimum absolute atomic E-state index is 0.0806. The van der Waals surface area contributed by atoms with Gasteiger partial charge in [0.1, 0.15) is 23.0 Å². The fraction of sp³-hybridized carbons (Fsp3) is 0. The minimum atomic E-state index is -4.14. The van der Waals surface area contributed by atoms with Crippen molar-refractivity contribution in [1.82, 2.24) is 0 Å². The lowest BCUT2D eigenvalue weighted by molar-refractivity contribution is 0.461. The van der Waals surface area contributed by atoms with Crippen molar-refractivity contribution < 1.29 is 28.8 Å². The highest BCUT2D eigenvalue weighted by Gasteiger charge is 2.26. The molecule has 0 unspecified atom stereocenters. The molecule has 0 heterocycles. The Hall–Kier alpha value is -3.97. The number of hydrogen-bond donors (Lipinski definition) is 4. The van der Waals surface area contributed by atoms with Gasteiger partial charge in [-0.1, -0.05) is 36.4 Å².